The summed E-state index contributed by atoms with van der Waals surface area (Å²) in [6.07, 6.45) is -0.191. The van der Waals surface area contributed by atoms with Gasteiger partial charge in [-0.3, -0.25) is 9.59 Å². The highest BCUT2D eigenvalue weighted by atomic mass is 32.2. The highest BCUT2D eigenvalue weighted by Crippen LogP contribution is 2.06. The van der Waals surface area contributed by atoms with Gasteiger partial charge in [-0.1, -0.05) is 27.7 Å². The van der Waals surface area contributed by atoms with E-state index in [1.807, 2.05) is 13.8 Å². The van der Waals surface area contributed by atoms with Crippen molar-refractivity contribution in [3.05, 3.63) is 0 Å². The average Bonchev–Trinajstić information content (AvgIpc) is 2.34. The third-order valence-electron chi connectivity index (χ3n) is 2.94. The van der Waals surface area contributed by atoms with Gasteiger partial charge in [0.05, 0.1) is 6.42 Å². The van der Waals surface area contributed by atoms with Crippen molar-refractivity contribution in [1.29, 1.82) is 0 Å². The first-order valence-corrected chi connectivity index (χ1v) is 8.72. The van der Waals surface area contributed by atoms with Gasteiger partial charge in [-0.2, -0.15) is 0 Å². The Kier molecular flexibility index (Phi) is 8.50. The van der Waals surface area contributed by atoms with Gasteiger partial charge in [0.25, 0.3) is 0 Å². The number of carboxylic acid groups (broad SMARTS) is 1. The SMILES string of the molecule is CCN(CC)S(=O)(=O)CC(=O)N(CCC(=O)O)CC(C)C. The first kappa shape index (κ1) is 19.9. The van der Waals surface area contributed by atoms with Crippen molar-refractivity contribution < 1.29 is 23.1 Å². The highest BCUT2D eigenvalue weighted by molar-refractivity contribution is 7.89. The van der Waals surface area contributed by atoms with Gasteiger partial charge in [0.1, 0.15) is 5.75 Å². The van der Waals surface area contributed by atoms with Crippen LogP contribution in [0.1, 0.15) is 34.1 Å². The van der Waals surface area contributed by atoms with Crippen LogP contribution in [0, 0.1) is 5.92 Å². The van der Waals surface area contributed by atoms with Gasteiger partial charge in [0.15, 0.2) is 0 Å². The molecule has 0 aromatic rings. The molecule has 0 aromatic carbocycles. The topological polar surface area (TPSA) is 95.0 Å². The zero-order chi connectivity index (χ0) is 16.6. The fourth-order valence-electron chi connectivity index (χ4n) is 1.94. The Morgan fingerprint density at radius 3 is 2.05 bits per heavy atom. The Labute approximate surface area is 127 Å². The van der Waals surface area contributed by atoms with Crippen molar-refractivity contribution in [1.82, 2.24) is 9.21 Å². The monoisotopic (exact) mass is 322 g/mol. The molecule has 0 radical (unpaired) electrons. The summed E-state index contributed by atoms with van der Waals surface area (Å²) in [5.41, 5.74) is 0. The number of hydrogen-bond donors (Lipinski definition) is 1. The largest absolute Gasteiger partial charge is 0.481 e. The van der Waals surface area contributed by atoms with Crippen LogP contribution in [-0.4, -0.2) is 66.5 Å². The number of carboxylic acids is 1. The third-order valence-corrected chi connectivity index (χ3v) is 4.85. The van der Waals surface area contributed by atoms with Crippen LogP contribution < -0.4 is 0 Å². The van der Waals surface area contributed by atoms with Gasteiger partial charge in [-0.05, 0) is 5.92 Å². The molecule has 0 aliphatic rings. The van der Waals surface area contributed by atoms with Crippen LogP contribution in [0.25, 0.3) is 0 Å². The second kappa shape index (κ2) is 8.99. The lowest BCUT2D eigenvalue weighted by Gasteiger charge is -2.25. The minimum atomic E-state index is -3.65. The molecule has 21 heavy (non-hydrogen) atoms. The molecule has 0 aliphatic carbocycles. The van der Waals surface area contributed by atoms with Gasteiger partial charge >= 0.3 is 5.97 Å². The quantitative estimate of drug-likeness (QED) is 0.636. The van der Waals surface area contributed by atoms with E-state index in [2.05, 4.69) is 0 Å². The van der Waals surface area contributed by atoms with E-state index in [0.29, 0.717) is 19.6 Å². The molecule has 0 atom stereocenters. The number of amides is 1. The van der Waals surface area contributed by atoms with Crippen molar-refractivity contribution in [2.45, 2.75) is 34.1 Å². The van der Waals surface area contributed by atoms with Gasteiger partial charge in [-0.25, -0.2) is 12.7 Å². The maximum atomic E-state index is 12.2. The summed E-state index contributed by atoms with van der Waals surface area (Å²) in [7, 11) is -3.65. The smallest absolute Gasteiger partial charge is 0.305 e. The molecule has 0 heterocycles. The molecule has 8 heteroatoms. The van der Waals surface area contributed by atoms with Crippen molar-refractivity contribution >= 4 is 21.9 Å². The van der Waals surface area contributed by atoms with E-state index in [0.717, 1.165) is 0 Å². The number of carbonyl (C=O) groups is 2. The summed E-state index contributed by atoms with van der Waals surface area (Å²) in [5.74, 6) is -2.03. The van der Waals surface area contributed by atoms with Crippen LogP contribution in [0.2, 0.25) is 0 Å². The van der Waals surface area contributed by atoms with Gasteiger partial charge in [0.2, 0.25) is 15.9 Å². The maximum absolute atomic E-state index is 12.2. The minimum absolute atomic E-state index is 0.0279. The molecule has 0 unspecified atom stereocenters. The first-order valence-electron chi connectivity index (χ1n) is 7.11. The lowest BCUT2D eigenvalue weighted by Crippen LogP contribution is -2.43. The molecule has 7 nitrogen and oxygen atoms in total. The fraction of sp³-hybridized carbons (Fsp3) is 0.846. The Balaban J connectivity index is 4.91. The number of carbonyl (C=O) groups excluding carboxylic acids is 1. The van der Waals surface area contributed by atoms with E-state index in [9.17, 15) is 18.0 Å². The number of nitrogens with zero attached hydrogens (tertiary/aromatic N) is 2. The molecule has 124 valence electrons. The van der Waals surface area contributed by atoms with E-state index < -0.39 is 27.7 Å². The number of sulfonamides is 1. The standard InChI is InChI=1S/C13H26N2O5S/c1-5-15(6-2)21(19,20)10-12(16)14(9-11(3)4)8-7-13(17)18/h11H,5-10H2,1-4H3,(H,17,18). The fourth-order valence-corrected chi connectivity index (χ4v) is 3.41. The molecule has 0 aromatic heterocycles. The van der Waals surface area contributed by atoms with Gasteiger partial charge < -0.3 is 10.0 Å². The van der Waals surface area contributed by atoms with Crippen molar-refractivity contribution in [2.24, 2.45) is 5.92 Å². The molecule has 0 rings (SSSR count). The van der Waals surface area contributed by atoms with Gasteiger partial charge in [0, 0.05) is 26.2 Å². The summed E-state index contributed by atoms with van der Waals surface area (Å²) >= 11 is 0. The molecule has 0 spiro atoms. The van der Waals surface area contributed by atoms with Crippen LogP contribution in [-0.2, 0) is 19.6 Å². The van der Waals surface area contributed by atoms with Crippen molar-refractivity contribution in [2.75, 3.05) is 31.9 Å². The van der Waals surface area contributed by atoms with E-state index in [-0.39, 0.29) is 18.9 Å². The van der Waals surface area contributed by atoms with Gasteiger partial charge in [-0.15, -0.1) is 0 Å². The van der Waals surface area contributed by atoms with Crippen LogP contribution in [0.3, 0.4) is 0 Å². The normalized spacial score (nSPS) is 11.9. The van der Waals surface area contributed by atoms with Crippen LogP contribution >= 0.6 is 0 Å². The van der Waals surface area contributed by atoms with E-state index in [1.165, 1.54) is 9.21 Å². The zero-order valence-electron chi connectivity index (χ0n) is 13.2. The Morgan fingerprint density at radius 2 is 1.67 bits per heavy atom. The summed E-state index contributed by atoms with van der Waals surface area (Å²) in [6, 6.07) is 0. The Bertz CT molecular complexity index is 443. The zero-order valence-corrected chi connectivity index (χ0v) is 14.0. The van der Waals surface area contributed by atoms with E-state index in [4.69, 9.17) is 5.11 Å². The molecule has 0 bridgehead atoms. The lowest BCUT2D eigenvalue weighted by atomic mass is 10.2. The predicted octanol–water partition coefficient (Wildman–Crippen LogP) is 0.617. The Morgan fingerprint density at radius 1 is 1.14 bits per heavy atom. The molecule has 1 N–H and O–H groups in total. The number of aliphatic carboxylic acids is 1. The molecule has 0 saturated heterocycles. The highest BCUT2D eigenvalue weighted by Gasteiger charge is 2.26. The predicted molar refractivity (Wildman–Crippen MR) is 80.4 cm³/mol. The second-order valence-corrected chi connectivity index (χ2v) is 7.19. The molecule has 0 aliphatic heterocycles. The summed E-state index contributed by atoms with van der Waals surface area (Å²) in [5, 5.41) is 8.71. The van der Waals surface area contributed by atoms with E-state index in [1.54, 1.807) is 13.8 Å². The first-order chi connectivity index (χ1) is 9.63. The number of hydrogen-bond acceptors (Lipinski definition) is 4. The minimum Gasteiger partial charge on any atom is -0.481 e. The van der Waals surface area contributed by atoms with Crippen LogP contribution in [0.5, 0.6) is 0 Å². The second-order valence-electron chi connectivity index (χ2n) is 5.22. The molecule has 0 fully saturated rings. The van der Waals surface area contributed by atoms with Crippen LogP contribution in [0.4, 0.5) is 0 Å². The molecular weight excluding hydrogens is 296 g/mol. The molecule has 0 saturated carbocycles. The third kappa shape index (κ3) is 7.42. The number of rotatable bonds is 10. The molecular formula is C13H26N2O5S. The van der Waals surface area contributed by atoms with Crippen molar-refractivity contribution in [3.8, 4) is 0 Å². The lowest BCUT2D eigenvalue weighted by molar-refractivity contribution is -0.138. The maximum Gasteiger partial charge on any atom is 0.305 e. The molecule has 1 amide bonds. The Hall–Kier alpha value is -1.15. The van der Waals surface area contributed by atoms with Crippen LogP contribution in [0.15, 0.2) is 0 Å². The van der Waals surface area contributed by atoms with Crippen molar-refractivity contribution in [3.63, 3.8) is 0 Å². The van der Waals surface area contributed by atoms with E-state index >= 15 is 0 Å². The average molecular weight is 322 g/mol. The summed E-state index contributed by atoms with van der Waals surface area (Å²) in [4.78, 5) is 24.1. The summed E-state index contributed by atoms with van der Waals surface area (Å²) in [6.45, 7) is 8.19. The summed E-state index contributed by atoms with van der Waals surface area (Å²) < 4.78 is 25.4.